The van der Waals surface area contributed by atoms with Gasteiger partial charge in [-0.25, -0.2) is 18.2 Å². The van der Waals surface area contributed by atoms with Crippen molar-refractivity contribution in [3.63, 3.8) is 0 Å². The van der Waals surface area contributed by atoms with E-state index in [0.717, 1.165) is 18.4 Å². The van der Waals surface area contributed by atoms with Crippen molar-refractivity contribution in [2.45, 2.75) is 75.8 Å². The van der Waals surface area contributed by atoms with Crippen molar-refractivity contribution < 1.29 is 22.7 Å². The highest BCUT2D eigenvalue weighted by Crippen LogP contribution is 2.41. The zero-order valence-corrected chi connectivity index (χ0v) is 25.1. The second-order valence-electron chi connectivity index (χ2n) is 11.4. The molecule has 11 nitrogen and oxygen atoms in total. The van der Waals surface area contributed by atoms with Crippen LogP contribution in [0.25, 0.3) is 10.9 Å². The molecule has 0 atom stereocenters. The fourth-order valence-electron chi connectivity index (χ4n) is 4.87. The van der Waals surface area contributed by atoms with Gasteiger partial charge >= 0.3 is 6.09 Å². The highest BCUT2D eigenvalue weighted by molar-refractivity contribution is 7.90. The third-order valence-electron chi connectivity index (χ3n) is 7.04. The Morgan fingerprint density at radius 2 is 1.85 bits per heavy atom. The summed E-state index contributed by atoms with van der Waals surface area (Å²) >= 11 is 0. The van der Waals surface area contributed by atoms with Gasteiger partial charge in [-0.05, 0) is 70.4 Å². The smallest absolute Gasteiger partial charge is 0.410 e. The molecule has 1 fully saturated rings. The molecule has 0 aliphatic carbocycles. The Hall–Kier alpha value is -3.85. The van der Waals surface area contributed by atoms with E-state index in [-0.39, 0.29) is 17.4 Å². The number of sulfone groups is 1. The minimum Gasteiger partial charge on any atom is -0.477 e. The van der Waals surface area contributed by atoms with Gasteiger partial charge in [0.25, 0.3) is 0 Å². The van der Waals surface area contributed by atoms with Gasteiger partial charge in [0.05, 0.1) is 35.0 Å². The number of amides is 1. The van der Waals surface area contributed by atoms with Crippen molar-refractivity contribution in [1.82, 2.24) is 19.7 Å². The third kappa shape index (κ3) is 6.90. The van der Waals surface area contributed by atoms with Crippen LogP contribution in [0, 0.1) is 11.3 Å². The zero-order valence-electron chi connectivity index (χ0n) is 24.3. The molecular formula is C29H38N6O5S. The first-order valence-electron chi connectivity index (χ1n) is 13.8. The van der Waals surface area contributed by atoms with E-state index < -0.39 is 21.0 Å². The molecular weight excluding hydrogens is 544 g/mol. The number of hydrogen-bond acceptors (Lipinski definition) is 9. The highest BCUT2D eigenvalue weighted by atomic mass is 32.2. The summed E-state index contributed by atoms with van der Waals surface area (Å²) in [6.07, 6.45) is 5.50. The molecule has 1 aromatic carbocycles. The molecule has 3 aromatic rings. The summed E-state index contributed by atoms with van der Waals surface area (Å²) in [6, 6.07) is 10.6. The molecule has 1 aliphatic rings. The SMILES string of the molecule is CCCCOc1nccc2c1c(Nc1ccc(S(C)(=O)=O)cc1)nn2C1(CC#N)CCN(C(=O)OC(C)(C)C)CC1. The number of benzene rings is 1. The fourth-order valence-corrected chi connectivity index (χ4v) is 5.50. The number of pyridine rings is 1. The van der Waals surface area contributed by atoms with Crippen LogP contribution < -0.4 is 10.1 Å². The molecule has 41 heavy (non-hydrogen) atoms. The third-order valence-corrected chi connectivity index (χ3v) is 8.17. The Kier molecular flexibility index (Phi) is 8.77. The van der Waals surface area contributed by atoms with Crippen molar-refractivity contribution in [2.24, 2.45) is 0 Å². The van der Waals surface area contributed by atoms with Gasteiger partial charge in [-0.3, -0.25) is 4.68 Å². The number of piperidine rings is 1. The van der Waals surface area contributed by atoms with E-state index >= 15 is 0 Å². The lowest BCUT2D eigenvalue weighted by molar-refractivity contribution is 0.0110. The largest absolute Gasteiger partial charge is 0.477 e. The van der Waals surface area contributed by atoms with Crippen LogP contribution in [0.15, 0.2) is 41.4 Å². The van der Waals surface area contributed by atoms with Gasteiger partial charge < -0.3 is 19.7 Å². The summed E-state index contributed by atoms with van der Waals surface area (Å²) in [5.74, 6) is 0.911. The number of hydrogen-bond donors (Lipinski definition) is 1. The summed E-state index contributed by atoms with van der Waals surface area (Å²) in [5.41, 5.74) is 0.120. The zero-order chi connectivity index (χ0) is 29.8. The lowest BCUT2D eigenvalue weighted by Gasteiger charge is -2.41. The summed E-state index contributed by atoms with van der Waals surface area (Å²) in [5, 5.41) is 18.8. The number of aromatic nitrogens is 3. The number of anilines is 2. The van der Waals surface area contributed by atoms with Gasteiger partial charge in [-0.15, -0.1) is 0 Å². The van der Waals surface area contributed by atoms with Gasteiger partial charge in [0, 0.05) is 31.2 Å². The Bertz CT molecular complexity index is 1530. The van der Waals surface area contributed by atoms with Crippen LogP contribution in [-0.4, -0.2) is 65.7 Å². The van der Waals surface area contributed by atoms with E-state index in [0.29, 0.717) is 55.3 Å². The van der Waals surface area contributed by atoms with Crippen molar-refractivity contribution in [2.75, 3.05) is 31.3 Å². The summed E-state index contributed by atoms with van der Waals surface area (Å²) < 4.78 is 37.4. The molecule has 220 valence electrons. The maximum Gasteiger partial charge on any atom is 0.410 e. The number of carbonyl (C=O) groups excluding carboxylic acids is 1. The predicted molar refractivity (Wildman–Crippen MR) is 156 cm³/mol. The molecule has 0 unspecified atom stereocenters. The molecule has 0 bridgehead atoms. The van der Waals surface area contributed by atoms with Crippen LogP contribution in [0.5, 0.6) is 5.88 Å². The molecule has 0 saturated carbocycles. The summed E-state index contributed by atoms with van der Waals surface area (Å²) in [7, 11) is -3.34. The van der Waals surface area contributed by atoms with Gasteiger partial charge in [0.2, 0.25) is 5.88 Å². The fraction of sp³-hybridized carbons (Fsp3) is 0.517. The Morgan fingerprint density at radius 3 is 2.44 bits per heavy atom. The molecule has 1 amide bonds. The molecule has 0 spiro atoms. The minimum atomic E-state index is -3.34. The van der Waals surface area contributed by atoms with Gasteiger partial charge in [-0.1, -0.05) is 13.3 Å². The molecule has 2 aromatic heterocycles. The first-order chi connectivity index (χ1) is 19.4. The molecule has 1 aliphatic heterocycles. The van der Waals surface area contributed by atoms with E-state index in [1.807, 2.05) is 31.5 Å². The van der Waals surface area contributed by atoms with E-state index in [1.165, 1.54) is 18.4 Å². The summed E-state index contributed by atoms with van der Waals surface area (Å²) in [6.45, 7) is 8.91. The van der Waals surface area contributed by atoms with E-state index in [9.17, 15) is 18.5 Å². The van der Waals surface area contributed by atoms with Crippen molar-refractivity contribution in [3.05, 3.63) is 36.5 Å². The monoisotopic (exact) mass is 582 g/mol. The predicted octanol–water partition coefficient (Wildman–Crippen LogP) is 5.40. The molecule has 1 N–H and O–H groups in total. The van der Waals surface area contributed by atoms with Crippen molar-refractivity contribution in [3.8, 4) is 11.9 Å². The quantitative estimate of drug-likeness (QED) is 0.329. The van der Waals surface area contributed by atoms with Crippen LogP contribution in [0.2, 0.25) is 0 Å². The van der Waals surface area contributed by atoms with Gasteiger partial charge in [0.15, 0.2) is 15.7 Å². The second kappa shape index (κ2) is 11.9. The average Bonchev–Trinajstić information content (AvgIpc) is 3.28. The highest BCUT2D eigenvalue weighted by Gasteiger charge is 2.41. The van der Waals surface area contributed by atoms with E-state index in [4.69, 9.17) is 14.6 Å². The number of carbonyl (C=O) groups is 1. The van der Waals surface area contributed by atoms with E-state index in [1.54, 1.807) is 23.2 Å². The maximum absolute atomic E-state index is 12.7. The number of nitrogens with zero attached hydrogens (tertiary/aromatic N) is 5. The Morgan fingerprint density at radius 1 is 1.17 bits per heavy atom. The second-order valence-corrected chi connectivity index (χ2v) is 13.4. The van der Waals surface area contributed by atoms with Crippen LogP contribution in [0.1, 0.15) is 59.8 Å². The number of rotatable bonds is 9. The standard InChI is InChI=1S/C29H38N6O5S/c1-6-7-20-39-26-24-23(12-17-31-26)35(33-25(24)32-21-8-10-22(11-9-21)41(5,37)38)29(13-16-30)14-18-34(19-15-29)27(36)40-28(2,3)4/h8-12,17H,6-7,13-15,18-20H2,1-5H3,(H,32,33). The van der Waals surface area contributed by atoms with Crippen LogP contribution in [-0.2, 0) is 20.1 Å². The molecule has 3 heterocycles. The minimum absolute atomic E-state index is 0.197. The topological polar surface area (TPSA) is 139 Å². The number of nitriles is 1. The van der Waals surface area contributed by atoms with Gasteiger partial charge in [-0.2, -0.15) is 10.4 Å². The lowest BCUT2D eigenvalue weighted by atomic mass is 9.85. The number of nitrogens with one attached hydrogen (secondary N) is 1. The maximum atomic E-state index is 12.7. The molecule has 1 saturated heterocycles. The average molecular weight is 583 g/mol. The Balaban J connectivity index is 1.74. The number of likely N-dealkylation sites (tertiary alicyclic amines) is 1. The van der Waals surface area contributed by atoms with Crippen molar-refractivity contribution >= 4 is 38.3 Å². The van der Waals surface area contributed by atoms with Crippen molar-refractivity contribution in [1.29, 1.82) is 5.26 Å². The van der Waals surface area contributed by atoms with Crippen LogP contribution >= 0.6 is 0 Å². The first-order valence-corrected chi connectivity index (χ1v) is 15.7. The molecule has 0 radical (unpaired) electrons. The molecule has 12 heteroatoms. The van der Waals surface area contributed by atoms with Gasteiger partial charge in [0.1, 0.15) is 11.0 Å². The van der Waals surface area contributed by atoms with E-state index in [2.05, 4.69) is 23.3 Å². The lowest BCUT2D eigenvalue weighted by Crippen LogP contribution is -2.49. The first kappa shape index (κ1) is 30.1. The number of fused-ring (bicyclic) bond motifs is 1. The Labute approximate surface area is 241 Å². The molecule has 4 rings (SSSR count). The van der Waals surface area contributed by atoms with Crippen LogP contribution in [0.3, 0.4) is 0 Å². The van der Waals surface area contributed by atoms with Crippen LogP contribution in [0.4, 0.5) is 16.3 Å². The number of unbranched alkanes of at least 4 members (excludes halogenated alkanes) is 1. The summed E-state index contributed by atoms with van der Waals surface area (Å²) in [4.78, 5) is 19.1. The normalized spacial score (nSPS) is 15.4. The number of ether oxygens (including phenoxy) is 2.